The molecule has 0 bridgehead atoms. The first-order chi connectivity index (χ1) is 14.1. The Bertz CT molecular complexity index is 856. The van der Waals surface area contributed by atoms with Gasteiger partial charge in [-0.05, 0) is 24.3 Å². The highest BCUT2D eigenvalue weighted by atomic mass is 35.5. The molecule has 2 aliphatic heterocycles. The van der Waals surface area contributed by atoms with Crippen LogP contribution in [-0.2, 0) is 9.53 Å². The maximum Gasteiger partial charge on any atom is 0.276 e. The predicted molar refractivity (Wildman–Crippen MR) is 107 cm³/mol. The molecule has 9 heteroatoms. The normalized spacial score (nSPS) is 18.1. The largest absolute Gasteiger partial charge is 0.379 e. The maximum atomic E-state index is 12.7. The van der Waals surface area contributed by atoms with Gasteiger partial charge in [-0.1, -0.05) is 16.8 Å². The first kappa shape index (κ1) is 19.9. The van der Waals surface area contributed by atoms with Crippen molar-refractivity contribution in [3.8, 4) is 11.3 Å². The van der Waals surface area contributed by atoms with Gasteiger partial charge in [0.2, 0.25) is 5.91 Å². The molecule has 1 aromatic carbocycles. The second-order valence-corrected chi connectivity index (χ2v) is 7.58. The molecule has 2 aromatic rings. The van der Waals surface area contributed by atoms with Gasteiger partial charge in [-0.3, -0.25) is 14.5 Å². The van der Waals surface area contributed by atoms with Crippen LogP contribution in [0, 0.1) is 0 Å². The van der Waals surface area contributed by atoms with Gasteiger partial charge >= 0.3 is 0 Å². The van der Waals surface area contributed by atoms with E-state index in [2.05, 4.69) is 10.1 Å². The number of aromatic nitrogens is 1. The lowest BCUT2D eigenvalue weighted by Gasteiger charge is -2.36. The first-order valence-corrected chi connectivity index (χ1v) is 10.1. The molecule has 0 radical (unpaired) electrons. The number of halogens is 1. The lowest BCUT2D eigenvalue weighted by atomic mass is 10.1. The molecule has 0 aliphatic carbocycles. The van der Waals surface area contributed by atoms with Gasteiger partial charge in [0, 0.05) is 55.9 Å². The number of carbonyl (C=O) groups excluding carboxylic acids is 2. The van der Waals surface area contributed by atoms with Crippen LogP contribution in [-0.4, -0.2) is 90.7 Å². The van der Waals surface area contributed by atoms with Gasteiger partial charge in [0.15, 0.2) is 11.5 Å². The van der Waals surface area contributed by atoms with Crippen LogP contribution < -0.4 is 0 Å². The van der Waals surface area contributed by atoms with Crippen LogP contribution in [0.3, 0.4) is 0 Å². The molecule has 1 aromatic heterocycles. The Morgan fingerprint density at radius 2 is 1.62 bits per heavy atom. The zero-order valence-electron chi connectivity index (χ0n) is 16.1. The van der Waals surface area contributed by atoms with E-state index in [0.29, 0.717) is 56.7 Å². The average Bonchev–Trinajstić information content (AvgIpc) is 3.25. The third kappa shape index (κ3) is 4.77. The number of carbonyl (C=O) groups is 2. The summed E-state index contributed by atoms with van der Waals surface area (Å²) in [5.41, 5.74) is 1.07. The van der Waals surface area contributed by atoms with E-state index in [1.807, 2.05) is 17.0 Å². The summed E-state index contributed by atoms with van der Waals surface area (Å²) < 4.78 is 10.6. The Hall–Kier alpha value is -2.42. The summed E-state index contributed by atoms with van der Waals surface area (Å²) in [6.07, 6.45) is 0. The van der Waals surface area contributed by atoms with E-state index in [1.165, 1.54) is 0 Å². The zero-order valence-corrected chi connectivity index (χ0v) is 16.8. The molecule has 0 atom stereocenters. The van der Waals surface area contributed by atoms with Crippen LogP contribution in [0.15, 0.2) is 34.9 Å². The fraction of sp³-hybridized carbons (Fsp3) is 0.450. The quantitative estimate of drug-likeness (QED) is 0.750. The zero-order chi connectivity index (χ0) is 20.2. The van der Waals surface area contributed by atoms with E-state index >= 15 is 0 Å². The Balaban J connectivity index is 1.31. The summed E-state index contributed by atoms with van der Waals surface area (Å²) in [6, 6.07) is 8.79. The standard InChI is InChI=1S/C20H23ClN4O4/c21-16-3-1-15(2-4-16)18-13-17(22-29-18)20(27)25-7-5-24(6-8-25)19(26)14-23-9-11-28-12-10-23/h1-4,13H,5-12,14H2. The van der Waals surface area contributed by atoms with Crippen LogP contribution in [0.5, 0.6) is 0 Å². The minimum Gasteiger partial charge on any atom is -0.379 e. The van der Waals surface area contributed by atoms with Gasteiger partial charge in [0.1, 0.15) is 0 Å². The number of amides is 2. The molecule has 29 heavy (non-hydrogen) atoms. The third-order valence-electron chi connectivity index (χ3n) is 5.24. The van der Waals surface area contributed by atoms with Crippen molar-refractivity contribution in [2.45, 2.75) is 0 Å². The number of piperazine rings is 1. The first-order valence-electron chi connectivity index (χ1n) is 9.70. The molecule has 154 valence electrons. The number of benzene rings is 1. The lowest BCUT2D eigenvalue weighted by molar-refractivity contribution is -0.134. The molecule has 0 saturated carbocycles. The molecule has 8 nitrogen and oxygen atoms in total. The van der Waals surface area contributed by atoms with Gasteiger partial charge < -0.3 is 19.1 Å². The fourth-order valence-corrected chi connectivity index (χ4v) is 3.62. The highest BCUT2D eigenvalue weighted by molar-refractivity contribution is 6.30. The summed E-state index contributed by atoms with van der Waals surface area (Å²) in [4.78, 5) is 30.9. The summed E-state index contributed by atoms with van der Waals surface area (Å²) in [7, 11) is 0. The Labute approximate surface area is 173 Å². The number of rotatable bonds is 4. The van der Waals surface area contributed by atoms with Crippen LogP contribution in [0.1, 0.15) is 10.5 Å². The van der Waals surface area contributed by atoms with E-state index in [-0.39, 0.29) is 17.5 Å². The fourth-order valence-electron chi connectivity index (χ4n) is 3.50. The Morgan fingerprint density at radius 3 is 2.31 bits per heavy atom. The van der Waals surface area contributed by atoms with Crippen LogP contribution in [0.25, 0.3) is 11.3 Å². The van der Waals surface area contributed by atoms with Crippen LogP contribution in [0.2, 0.25) is 5.02 Å². The number of ether oxygens (including phenoxy) is 1. The monoisotopic (exact) mass is 418 g/mol. The summed E-state index contributed by atoms with van der Waals surface area (Å²) in [5.74, 6) is 0.434. The Kier molecular flexibility index (Phi) is 6.13. The minimum atomic E-state index is -0.186. The highest BCUT2D eigenvalue weighted by Gasteiger charge is 2.27. The molecule has 2 saturated heterocycles. The van der Waals surface area contributed by atoms with Crippen LogP contribution in [0.4, 0.5) is 0 Å². The van der Waals surface area contributed by atoms with Gasteiger partial charge in [-0.15, -0.1) is 0 Å². The minimum absolute atomic E-state index is 0.102. The summed E-state index contributed by atoms with van der Waals surface area (Å²) >= 11 is 5.90. The van der Waals surface area contributed by atoms with E-state index in [1.54, 1.807) is 23.1 Å². The predicted octanol–water partition coefficient (Wildman–Crippen LogP) is 1.61. The third-order valence-corrected chi connectivity index (χ3v) is 5.49. The van der Waals surface area contributed by atoms with Gasteiger partial charge in [-0.2, -0.15) is 0 Å². The Morgan fingerprint density at radius 1 is 0.966 bits per heavy atom. The maximum absolute atomic E-state index is 12.7. The number of morpholine rings is 1. The molecule has 2 amide bonds. The lowest BCUT2D eigenvalue weighted by Crippen LogP contribution is -2.53. The number of nitrogens with zero attached hydrogens (tertiary/aromatic N) is 4. The second-order valence-electron chi connectivity index (χ2n) is 7.14. The van der Waals surface area contributed by atoms with Crippen molar-refractivity contribution in [2.75, 3.05) is 59.0 Å². The van der Waals surface area contributed by atoms with E-state index in [4.69, 9.17) is 20.9 Å². The van der Waals surface area contributed by atoms with Crippen molar-refractivity contribution in [1.29, 1.82) is 0 Å². The summed E-state index contributed by atoms with van der Waals surface area (Å²) in [6.45, 7) is 5.33. The molecular weight excluding hydrogens is 396 g/mol. The average molecular weight is 419 g/mol. The van der Waals surface area contributed by atoms with E-state index in [9.17, 15) is 9.59 Å². The number of hydrogen-bond acceptors (Lipinski definition) is 6. The molecule has 3 heterocycles. The number of hydrogen-bond donors (Lipinski definition) is 0. The van der Waals surface area contributed by atoms with Gasteiger partial charge in [0.05, 0.1) is 19.8 Å². The van der Waals surface area contributed by atoms with Gasteiger partial charge in [-0.25, -0.2) is 0 Å². The van der Waals surface area contributed by atoms with Crippen LogP contribution >= 0.6 is 11.6 Å². The van der Waals surface area contributed by atoms with Crippen molar-refractivity contribution in [3.05, 3.63) is 41.0 Å². The molecule has 2 fully saturated rings. The molecule has 0 spiro atoms. The topological polar surface area (TPSA) is 79.1 Å². The SMILES string of the molecule is O=C(CN1CCOCC1)N1CCN(C(=O)c2cc(-c3ccc(Cl)cc3)on2)CC1. The molecule has 0 N–H and O–H groups in total. The highest BCUT2D eigenvalue weighted by Crippen LogP contribution is 2.23. The van der Waals surface area contributed by atoms with E-state index < -0.39 is 0 Å². The van der Waals surface area contributed by atoms with Gasteiger partial charge in [0.25, 0.3) is 5.91 Å². The van der Waals surface area contributed by atoms with Crippen molar-refractivity contribution in [2.24, 2.45) is 0 Å². The molecule has 2 aliphatic rings. The van der Waals surface area contributed by atoms with Crippen molar-refractivity contribution >= 4 is 23.4 Å². The van der Waals surface area contributed by atoms with E-state index in [0.717, 1.165) is 18.7 Å². The molecule has 0 unspecified atom stereocenters. The second kappa shape index (κ2) is 8.94. The molecule has 4 rings (SSSR count). The van der Waals surface area contributed by atoms with Crippen molar-refractivity contribution in [3.63, 3.8) is 0 Å². The smallest absolute Gasteiger partial charge is 0.276 e. The van der Waals surface area contributed by atoms with Crippen molar-refractivity contribution < 1.29 is 18.8 Å². The van der Waals surface area contributed by atoms with Crippen molar-refractivity contribution in [1.82, 2.24) is 19.9 Å². The molecular formula is C20H23ClN4O4. The summed E-state index contributed by atoms with van der Waals surface area (Å²) in [5, 5.41) is 4.55.